The van der Waals surface area contributed by atoms with E-state index in [4.69, 9.17) is 4.42 Å². The third kappa shape index (κ3) is 3.70. The van der Waals surface area contributed by atoms with Crippen LogP contribution in [0.5, 0.6) is 0 Å². The monoisotopic (exact) mass is 454 g/mol. The number of benzene rings is 1. The molecule has 5 aromatic rings. The van der Waals surface area contributed by atoms with Gasteiger partial charge in [-0.25, -0.2) is 14.5 Å². The Morgan fingerprint density at radius 1 is 1.15 bits per heavy atom. The Labute approximate surface area is 198 Å². The van der Waals surface area contributed by atoms with Crippen LogP contribution in [0.1, 0.15) is 61.1 Å². The summed E-state index contributed by atoms with van der Waals surface area (Å²) in [4.78, 5) is 14.8. The average Bonchev–Trinajstić information content (AvgIpc) is 3.58. The minimum absolute atomic E-state index is 0.397. The minimum atomic E-state index is 0.397. The second-order valence-electron chi connectivity index (χ2n) is 9.79. The van der Waals surface area contributed by atoms with E-state index < -0.39 is 0 Å². The van der Waals surface area contributed by atoms with E-state index in [0.717, 1.165) is 55.1 Å². The molecule has 6 rings (SSSR count). The van der Waals surface area contributed by atoms with Crippen LogP contribution < -0.4 is 0 Å². The second kappa shape index (κ2) is 8.40. The summed E-state index contributed by atoms with van der Waals surface area (Å²) in [5.74, 6) is 1.78. The number of nitrogens with one attached hydrogen (secondary N) is 1. The lowest BCUT2D eigenvalue weighted by Gasteiger charge is -2.31. The van der Waals surface area contributed by atoms with Crippen LogP contribution in [0.3, 0.4) is 0 Å². The second-order valence-corrected chi connectivity index (χ2v) is 9.79. The number of hydrogen-bond donors (Lipinski definition) is 1. The zero-order chi connectivity index (χ0) is 23.2. The van der Waals surface area contributed by atoms with Gasteiger partial charge in [0.05, 0.1) is 18.4 Å². The van der Waals surface area contributed by atoms with Gasteiger partial charge in [-0.3, -0.25) is 4.90 Å². The van der Waals surface area contributed by atoms with Gasteiger partial charge in [0.1, 0.15) is 12.6 Å². The number of pyridine rings is 1. The van der Waals surface area contributed by atoms with Gasteiger partial charge < -0.3 is 9.40 Å². The molecule has 0 aliphatic carbocycles. The molecular weight excluding hydrogens is 424 g/mol. The third-order valence-electron chi connectivity index (χ3n) is 7.19. The van der Waals surface area contributed by atoms with Crippen molar-refractivity contribution in [2.24, 2.45) is 0 Å². The SMILES string of the molecule is Cc1cc(-c2[nH]c3ccc(C4CCN(Cc5ncco5)CC4)cc3c2C(C)C)cn2ncnc12. The van der Waals surface area contributed by atoms with Crippen LogP contribution in [-0.4, -0.2) is 42.6 Å². The van der Waals surface area contributed by atoms with Crippen molar-refractivity contribution in [2.45, 2.75) is 52.0 Å². The van der Waals surface area contributed by atoms with Gasteiger partial charge >= 0.3 is 0 Å². The van der Waals surface area contributed by atoms with Gasteiger partial charge in [0.25, 0.3) is 0 Å². The van der Waals surface area contributed by atoms with E-state index in [0.29, 0.717) is 11.8 Å². The summed E-state index contributed by atoms with van der Waals surface area (Å²) < 4.78 is 7.30. The Morgan fingerprint density at radius 2 is 2.00 bits per heavy atom. The van der Waals surface area contributed by atoms with Crippen LogP contribution in [0.15, 0.2) is 53.7 Å². The molecule has 0 amide bonds. The number of fused-ring (bicyclic) bond motifs is 2. The molecule has 1 aliphatic rings. The maximum atomic E-state index is 5.43. The standard InChI is InChI=1S/C27H30N6O/c1-17(2)25-22-13-20(19-6-9-32(10-7-19)15-24-28-8-11-34-24)4-5-23(22)31-26(25)21-12-18(3)27-29-16-30-33(27)14-21/h4-5,8,11-14,16-17,19,31H,6-7,9-10,15H2,1-3H3. The molecule has 174 valence electrons. The van der Waals surface area contributed by atoms with Crippen LogP contribution >= 0.6 is 0 Å². The fourth-order valence-corrected chi connectivity index (χ4v) is 5.49. The molecule has 0 spiro atoms. The molecule has 1 fully saturated rings. The summed E-state index contributed by atoms with van der Waals surface area (Å²) in [6, 6.07) is 9.22. The first kappa shape index (κ1) is 21.1. The zero-order valence-electron chi connectivity index (χ0n) is 20.0. The van der Waals surface area contributed by atoms with Crippen LogP contribution in [0.2, 0.25) is 0 Å². The van der Waals surface area contributed by atoms with Crippen molar-refractivity contribution in [3.8, 4) is 11.3 Å². The smallest absolute Gasteiger partial charge is 0.208 e. The van der Waals surface area contributed by atoms with Gasteiger partial charge in [0.2, 0.25) is 5.89 Å². The summed E-state index contributed by atoms with van der Waals surface area (Å²) in [5.41, 5.74) is 8.37. The van der Waals surface area contributed by atoms with Crippen molar-refractivity contribution in [3.05, 3.63) is 71.8 Å². The highest BCUT2D eigenvalue weighted by Crippen LogP contribution is 2.38. The van der Waals surface area contributed by atoms with Crippen molar-refractivity contribution in [2.75, 3.05) is 13.1 Å². The quantitative estimate of drug-likeness (QED) is 0.370. The van der Waals surface area contributed by atoms with E-state index >= 15 is 0 Å². The van der Waals surface area contributed by atoms with E-state index in [1.165, 1.54) is 27.7 Å². The first-order valence-corrected chi connectivity index (χ1v) is 12.1. The molecule has 0 saturated carbocycles. The summed E-state index contributed by atoms with van der Waals surface area (Å²) in [6.45, 7) is 9.58. The predicted octanol–water partition coefficient (Wildman–Crippen LogP) is 5.68. The molecule has 4 aromatic heterocycles. The number of aromatic nitrogens is 5. The Morgan fingerprint density at radius 3 is 2.76 bits per heavy atom. The highest BCUT2D eigenvalue weighted by Gasteiger charge is 2.23. The molecule has 1 aromatic carbocycles. The fraction of sp³-hybridized carbons (Fsp3) is 0.370. The van der Waals surface area contributed by atoms with Crippen LogP contribution in [-0.2, 0) is 6.54 Å². The highest BCUT2D eigenvalue weighted by atomic mass is 16.3. The third-order valence-corrected chi connectivity index (χ3v) is 7.19. The summed E-state index contributed by atoms with van der Waals surface area (Å²) in [5, 5.41) is 5.71. The van der Waals surface area contributed by atoms with Crippen molar-refractivity contribution >= 4 is 16.6 Å². The molecule has 5 heterocycles. The Hall–Kier alpha value is -3.45. The zero-order valence-corrected chi connectivity index (χ0v) is 20.0. The topological polar surface area (TPSA) is 75.2 Å². The van der Waals surface area contributed by atoms with Crippen LogP contribution in [0.4, 0.5) is 0 Å². The summed E-state index contributed by atoms with van der Waals surface area (Å²) in [7, 11) is 0. The number of aromatic amines is 1. The van der Waals surface area contributed by atoms with Crippen molar-refractivity contribution < 1.29 is 4.42 Å². The molecule has 34 heavy (non-hydrogen) atoms. The van der Waals surface area contributed by atoms with E-state index in [1.54, 1.807) is 18.8 Å². The van der Waals surface area contributed by atoms with Crippen LogP contribution in [0, 0.1) is 6.92 Å². The summed E-state index contributed by atoms with van der Waals surface area (Å²) in [6.07, 6.45) is 9.38. The first-order chi connectivity index (χ1) is 16.6. The van der Waals surface area contributed by atoms with E-state index in [1.807, 2.05) is 4.52 Å². The molecule has 0 atom stereocenters. The molecule has 1 aliphatic heterocycles. The van der Waals surface area contributed by atoms with Crippen molar-refractivity contribution in [1.82, 2.24) is 29.5 Å². The molecule has 0 bridgehead atoms. The van der Waals surface area contributed by atoms with Gasteiger partial charge in [-0.1, -0.05) is 19.9 Å². The van der Waals surface area contributed by atoms with E-state index in [9.17, 15) is 0 Å². The molecule has 7 nitrogen and oxygen atoms in total. The predicted molar refractivity (Wildman–Crippen MR) is 133 cm³/mol. The van der Waals surface area contributed by atoms with E-state index in [-0.39, 0.29) is 0 Å². The van der Waals surface area contributed by atoms with Gasteiger partial charge in [0.15, 0.2) is 5.65 Å². The van der Waals surface area contributed by atoms with Crippen LogP contribution in [0.25, 0.3) is 27.8 Å². The summed E-state index contributed by atoms with van der Waals surface area (Å²) >= 11 is 0. The largest absolute Gasteiger partial charge is 0.448 e. The van der Waals surface area contributed by atoms with Gasteiger partial charge in [-0.2, -0.15) is 5.10 Å². The fourth-order valence-electron chi connectivity index (χ4n) is 5.49. The Kier molecular flexibility index (Phi) is 5.21. The molecular formula is C27H30N6O. The van der Waals surface area contributed by atoms with Crippen molar-refractivity contribution in [3.63, 3.8) is 0 Å². The Balaban J connectivity index is 1.31. The van der Waals surface area contributed by atoms with E-state index in [2.05, 4.69) is 76.2 Å². The lowest BCUT2D eigenvalue weighted by Crippen LogP contribution is -2.32. The number of piperidine rings is 1. The van der Waals surface area contributed by atoms with Gasteiger partial charge in [-0.15, -0.1) is 0 Å². The Bertz CT molecular complexity index is 1440. The first-order valence-electron chi connectivity index (χ1n) is 12.1. The number of oxazole rings is 1. The highest BCUT2D eigenvalue weighted by molar-refractivity contribution is 5.92. The number of hydrogen-bond acceptors (Lipinski definition) is 5. The van der Waals surface area contributed by atoms with Gasteiger partial charge in [-0.05, 0) is 79.6 Å². The normalized spacial score (nSPS) is 15.8. The molecule has 7 heteroatoms. The number of nitrogens with zero attached hydrogens (tertiary/aromatic N) is 5. The molecule has 0 unspecified atom stereocenters. The average molecular weight is 455 g/mol. The van der Waals surface area contributed by atoms with Gasteiger partial charge in [0, 0.05) is 22.7 Å². The van der Waals surface area contributed by atoms with Crippen molar-refractivity contribution in [1.29, 1.82) is 0 Å². The number of H-pyrrole nitrogens is 1. The minimum Gasteiger partial charge on any atom is -0.448 e. The number of rotatable bonds is 5. The number of aryl methyl sites for hydroxylation is 1. The number of likely N-dealkylation sites (tertiary alicyclic amines) is 1. The lowest BCUT2D eigenvalue weighted by molar-refractivity contribution is 0.187. The maximum Gasteiger partial charge on any atom is 0.208 e. The maximum absolute atomic E-state index is 5.43. The lowest BCUT2D eigenvalue weighted by atomic mass is 9.87. The molecule has 1 N–H and O–H groups in total. The molecule has 0 radical (unpaired) electrons. The molecule has 1 saturated heterocycles.